The van der Waals surface area contributed by atoms with Crippen molar-refractivity contribution in [1.82, 2.24) is 0 Å². The van der Waals surface area contributed by atoms with Crippen LogP contribution in [0.2, 0.25) is 0 Å². The first-order valence-corrected chi connectivity index (χ1v) is 3.71. The van der Waals surface area contributed by atoms with Crippen molar-refractivity contribution < 1.29 is 14.7 Å². The van der Waals surface area contributed by atoms with Crippen LogP contribution in [0.15, 0.2) is 0 Å². The van der Waals surface area contributed by atoms with Gasteiger partial charge in [-0.2, -0.15) is 0 Å². The molecule has 5 heavy (non-hydrogen) atoms. The molecule has 0 heterocycles. The van der Waals surface area contributed by atoms with Crippen LogP contribution in [0.1, 0.15) is 0 Å². The first kappa shape index (κ1) is 5.60. The second kappa shape index (κ2) is 1.37. The monoisotopic (exact) mass is 118 g/mol. The quantitative estimate of drug-likeness (QED) is 0.380. The Bertz CT molecular complexity index is 22.4. The number of rotatable bonds is 0. The molecule has 0 amide bonds. The van der Waals surface area contributed by atoms with Gasteiger partial charge in [0.1, 0.15) is 0 Å². The van der Waals surface area contributed by atoms with Crippen LogP contribution in [0.25, 0.3) is 0 Å². The molecule has 0 saturated heterocycles. The second-order valence-corrected chi connectivity index (χ2v) is 3.18. The molecule has 0 unspecified atom stereocenters. The zero-order valence-electron chi connectivity index (χ0n) is 2.22. The van der Waals surface area contributed by atoms with Crippen molar-refractivity contribution in [2.45, 2.75) is 0 Å². The van der Waals surface area contributed by atoms with Crippen LogP contribution in [0.5, 0.6) is 0 Å². The van der Waals surface area contributed by atoms with Gasteiger partial charge in [0.25, 0.3) is 0 Å². The zero-order valence-corrected chi connectivity index (χ0v) is 3.98. The van der Waals surface area contributed by atoms with E-state index in [1.807, 2.05) is 0 Å². The summed E-state index contributed by atoms with van der Waals surface area (Å²) < 4.78 is 0. The summed E-state index contributed by atoms with van der Waals surface area (Å²) in [4.78, 5) is 22.6. The van der Waals surface area contributed by atoms with Gasteiger partial charge in [0, 0.05) is 0 Å². The molecule has 3 N–H and O–H groups in total. The Kier molecular flexibility index (Phi) is 1.53. The van der Waals surface area contributed by atoms with Crippen LogP contribution in [-0.2, 0) is 0 Å². The van der Waals surface area contributed by atoms with Gasteiger partial charge in [0.2, 0.25) is 0 Å². The first-order valence-electron chi connectivity index (χ1n) is 0.860. The summed E-state index contributed by atoms with van der Waals surface area (Å²) in [7, 11) is -4.14. The fourth-order valence-electron chi connectivity index (χ4n) is 0. The number of hydrogen-bond donors (Lipinski definition) is 3. The predicted octanol–water partition coefficient (Wildman–Crippen LogP) is -0.388. The Morgan fingerprint density at radius 3 is 1.20 bits per heavy atom. The summed E-state index contributed by atoms with van der Waals surface area (Å²) in [6.45, 7) is 0. The van der Waals surface area contributed by atoms with Crippen molar-refractivity contribution in [2.24, 2.45) is 0 Å². The SMILES string of the molecule is O[PH](O)(O)Cl. The molecular weight excluding hydrogens is 114 g/mol. The molecule has 0 fully saturated rings. The Balaban J connectivity index is 3.02. The molecule has 0 aromatic carbocycles. The molecule has 0 spiro atoms. The molecule has 0 aliphatic heterocycles. The Hall–Kier alpha value is 0.600. The number of halogens is 1. The Morgan fingerprint density at radius 1 is 1.20 bits per heavy atom. The third-order valence-electron chi connectivity index (χ3n) is 0. The van der Waals surface area contributed by atoms with Gasteiger partial charge in [0.15, 0.2) is 0 Å². The predicted molar refractivity (Wildman–Crippen MR) is 20.8 cm³/mol. The van der Waals surface area contributed by atoms with E-state index in [0.29, 0.717) is 0 Å². The molecule has 0 atom stereocenters. The van der Waals surface area contributed by atoms with E-state index < -0.39 is 7.30 Å². The molecule has 0 saturated carbocycles. The molecule has 0 bridgehead atoms. The average Bonchev–Trinajstić information content (AvgIpc) is 0.722. The van der Waals surface area contributed by atoms with Gasteiger partial charge in [-0.25, -0.2) is 0 Å². The van der Waals surface area contributed by atoms with Crippen molar-refractivity contribution in [3.63, 3.8) is 0 Å². The van der Waals surface area contributed by atoms with Crippen LogP contribution >= 0.6 is 18.5 Å². The van der Waals surface area contributed by atoms with Crippen LogP contribution in [0.3, 0.4) is 0 Å². The zero-order chi connectivity index (χ0) is 4.50. The van der Waals surface area contributed by atoms with Crippen LogP contribution in [0, 0.1) is 0 Å². The van der Waals surface area contributed by atoms with E-state index in [4.69, 9.17) is 14.7 Å². The standard InChI is InChI=1S/ClH4O3P/c1-5(2,3)4/h2-5H. The topological polar surface area (TPSA) is 60.7 Å². The minimum absolute atomic E-state index is 4.14. The molecular formula is H4ClO3P. The normalized spacial score (nSPS) is 15.2. The molecule has 0 aliphatic rings. The fourth-order valence-corrected chi connectivity index (χ4v) is 0. The van der Waals surface area contributed by atoms with Crippen molar-refractivity contribution in [2.75, 3.05) is 0 Å². The molecule has 0 rings (SSSR count). The average molecular weight is 118 g/mol. The second-order valence-electron chi connectivity index (χ2n) is 0.554. The van der Waals surface area contributed by atoms with Gasteiger partial charge in [-0.3, -0.25) is 0 Å². The van der Waals surface area contributed by atoms with Gasteiger partial charge in [-0.15, -0.1) is 0 Å². The van der Waals surface area contributed by atoms with Crippen LogP contribution in [-0.4, -0.2) is 14.7 Å². The van der Waals surface area contributed by atoms with E-state index >= 15 is 0 Å². The molecule has 0 radical (unpaired) electrons. The summed E-state index contributed by atoms with van der Waals surface area (Å²) in [6.07, 6.45) is 0. The fraction of sp³-hybridized carbons (Fsp3) is 0. The van der Waals surface area contributed by atoms with E-state index in [1.165, 1.54) is 0 Å². The van der Waals surface area contributed by atoms with Gasteiger partial charge >= 0.3 is 33.2 Å². The summed E-state index contributed by atoms with van der Waals surface area (Å²) in [5, 5.41) is 0. The summed E-state index contributed by atoms with van der Waals surface area (Å²) in [5.74, 6) is 0. The van der Waals surface area contributed by atoms with Crippen molar-refractivity contribution in [1.29, 1.82) is 0 Å². The molecule has 0 aromatic heterocycles. The van der Waals surface area contributed by atoms with Gasteiger partial charge < -0.3 is 0 Å². The third-order valence-corrected chi connectivity index (χ3v) is 0. The first-order chi connectivity index (χ1) is 2.00. The van der Waals surface area contributed by atoms with Gasteiger partial charge in [0.05, 0.1) is 0 Å². The molecule has 34 valence electrons. The molecule has 0 aromatic rings. The summed E-state index contributed by atoms with van der Waals surface area (Å²) >= 11 is 4.34. The maximum absolute atomic E-state index is 7.54. The summed E-state index contributed by atoms with van der Waals surface area (Å²) in [6, 6.07) is 0. The molecule has 0 aliphatic carbocycles. The Labute approximate surface area is 34.2 Å². The van der Waals surface area contributed by atoms with E-state index in [1.54, 1.807) is 0 Å². The molecule has 5 heteroatoms. The number of hydrogen-bond acceptors (Lipinski definition) is 3. The summed E-state index contributed by atoms with van der Waals surface area (Å²) in [5.41, 5.74) is 0. The Morgan fingerprint density at radius 2 is 1.20 bits per heavy atom. The van der Waals surface area contributed by atoms with Crippen molar-refractivity contribution in [3.8, 4) is 0 Å². The van der Waals surface area contributed by atoms with Crippen molar-refractivity contribution >= 4 is 18.5 Å². The van der Waals surface area contributed by atoms with Crippen LogP contribution in [0.4, 0.5) is 0 Å². The third kappa shape index (κ3) is 86.4. The minimum atomic E-state index is -4.14. The van der Waals surface area contributed by atoms with E-state index in [9.17, 15) is 0 Å². The van der Waals surface area contributed by atoms with E-state index in [0.717, 1.165) is 0 Å². The molecule has 3 nitrogen and oxygen atoms in total. The van der Waals surface area contributed by atoms with Gasteiger partial charge in [-0.1, -0.05) is 0 Å². The van der Waals surface area contributed by atoms with E-state index in [2.05, 4.69) is 11.2 Å². The van der Waals surface area contributed by atoms with Gasteiger partial charge in [-0.05, 0) is 0 Å². The van der Waals surface area contributed by atoms with E-state index in [-0.39, 0.29) is 0 Å². The maximum atomic E-state index is 7.54. The van der Waals surface area contributed by atoms with Crippen molar-refractivity contribution in [3.05, 3.63) is 0 Å². The van der Waals surface area contributed by atoms with Crippen LogP contribution < -0.4 is 0 Å².